The number of halogens is 1. The number of hydrogen-bond donors (Lipinski definition) is 1. The van der Waals surface area contributed by atoms with Crippen LogP contribution in [0.4, 0.5) is 5.69 Å². The van der Waals surface area contributed by atoms with Crippen LogP contribution in [0.1, 0.15) is 18.7 Å². The molecule has 1 aliphatic heterocycles. The Bertz CT molecular complexity index is 1280. The van der Waals surface area contributed by atoms with Gasteiger partial charge in [0.15, 0.2) is 11.9 Å². The number of benzene rings is 3. The molecule has 0 saturated carbocycles. The van der Waals surface area contributed by atoms with Gasteiger partial charge in [-0.05, 0) is 41.5 Å². The first kappa shape index (κ1) is 20.1. The van der Waals surface area contributed by atoms with E-state index in [2.05, 4.69) is 49.4 Å². The zero-order valence-corrected chi connectivity index (χ0v) is 19.3. The third kappa shape index (κ3) is 3.70. The highest BCUT2D eigenvalue weighted by atomic mass is 79.9. The molecule has 31 heavy (non-hydrogen) atoms. The van der Waals surface area contributed by atoms with Crippen LogP contribution in [0.25, 0.3) is 22.0 Å². The Kier molecular flexibility index (Phi) is 5.41. The number of thioether (sulfide) groups is 1. The van der Waals surface area contributed by atoms with Crippen molar-refractivity contribution in [1.82, 2.24) is 15.2 Å². The molecule has 1 N–H and O–H groups in total. The van der Waals surface area contributed by atoms with Gasteiger partial charge in [-0.1, -0.05) is 58.9 Å². The van der Waals surface area contributed by atoms with Crippen molar-refractivity contribution in [1.29, 1.82) is 0 Å². The first-order valence-electron chi connectivity index (χ1n) is 9.84. The first-order chi connectivity index (χ1) is 15.2. The van der Waals surface area contributed by atoms with Gasteiger partial charge in [0, 0.05) is 26.7 Å². The number of nitrogens with zero attached hydrogens (tertiary/aromatic N) is 3. The van der Waals surface area contributed by atoms with Gasteiger partial charge in [-0.15, -0.1) is 10.2 Å². The summed E-state index contributed by atoms with van der Waals surface area (Å²) in [6.45, 7) is 2.06. The number of ether oxygens (including phenoxy) is 2. The summed E-state index contributed by atoms with van der Waals surface area (Å²) >= 11 is 5.09. The summed E-state index contributed by atoms with van der Waals surface area (Å²) in [5.74, 6) is 2.14. The van der Waals surface area contributed by atoms with Gasteiger partial charge in [-0.3, -0.25) is 0 Å². The largest absolute Gasteiger partial charge is 0.496 e. The lowest BCUT2D eigenvalue weighted by atomic mass is 10.0. The highest BCUT2D eigenvalue weighted by Crippen LogP contribution is 2.42. The number of anilines is 1. The molecule has 0 bridgehead atoms. The molecule has 6 nitrogen and oxygen atoms in total. The SMILES string of the molecule is CCSc1nnc2c(n1)OC(c1ccc(OC)c3ccccc13)Nc1ccc(Br)cc1-2. The van der Waals surface area contributed by atoms with E-state index >= 15 is 0 Å². The molecule has 5 rings (SSSR count). The number of nitrogens with one attached hydrogen (secondary N) is 1. The molecule has 0 fully saturated rings. The Morgan fingerprint density at radius 1 is 1.10 bits per heavy atom. The molecule has 1 aromatic heterocycles. The molecule has 0 spiro atoms. The second-order valence-corrected chi connectivity index (χ2v) is 9.06. The van der Waals surface area contributed by atoms with E-state index in [4.69, 9.17) is 9.47 Å². The predicted octanol–water partition coefficient (Wildman–Crippen LogP) is 6.08. The van der Waals surface area contributed by atoms with Crippen molar-refractivity contribution in [2.45, 2.75) is 18.3 Å². The van der Waals surface area contributed by atoms with E-state index in [9.17, 15) is 0 Å². The molecule has 2 heterocycles. The fourth-order valence-corrected chi connectivity index (χ4v) is 4.57. The van der Waals surface area contributed by atoms with E-state index in [0.717, 1.165) is 43.6 Å². The lowest BCUT2D eigenvalue weighted by Crippen LogP contribution is -2.17. The number of fused-ring (bicyclic) bond motifs is 4. The van der Waals surface area contributed by atoms with Crippen LogP contribution >= 0.6 is 27.7 Å². The van der Waals surface area contributed by atoms with Gasteiger partial charge in [0.25, 0.3) is 0 Å². The zero-order valence-electron chi connectivity index (χ0n) is 16.9. The molecule has 0 radical (unpaired) electrons. The summed E-state index contributed by atoms with van der Waals surface area (Å²) in [6, 6.07) is 18.1. The second-order valence-electron chi connectivity index (χ2n) is 6.92. The van der Waals surface area contributed by atoms with Crippen molar-refractivity contribution < 1.29 is 9.47 Å². The van der Waals surface area contributed by atoms with Gasteiger partial charge in [0.2, 0.25) is 11.0 Å². The number of rotatable bonds is 4. The molecule has 4 aromatic rings. The van der Waals surface area contributed by atoms with Crippen LogP contribution in [-0.2, 0) is 0 Å². The molecule has 3 aromatic carbocycles. The molecule has 8 heteroatoms. The molecule has 1 aliphatic rings. The van der Waals surface area contributed by atoms with E-state index in [1.165, 1.54) is 11.8 Å². The lowest BCUT2D eigenvalue weighted by molar-refractivity contribution is 0.226. The minimum Gasteiger partial charge on any atom is -0.496 e. The van der Waals surface area contributed by atoms with E-state index in [0.29, 0.717) is 16.7 Å². The van der Waals surface area contributed by atoms with Gasteiger partial charge >= 0.3 is 0 Å². The Labute approximate surface area is 192 Å². The van der Waals surface area contributed by atoms with Gasteiger partial charge in [0.05, 0.1) is 7.11 Å². The highest BCUT2D eigenvalue weighted by Gasteiger charge is 2.27. The maximum Gasteiger partial charge on any atom is 0.247 e. The second kappa shape index (κ2) is 8.36. The zero-order chi connectivity index (χ0) is 21.4. The van der Waals surface area contributed by atoms with Crippen LogP contribution in [0.5, 0.6) is 11.6 Å². The van der Waals surface area contributed by atoms with Gasteiger partial charge in [0.1, 0.15) is 5.75 Å². The Hall–Kier alpha value is -2.84. The van der Waals surface area contributed by atoms with Crippen molar-refractivity contribution in [3.63, 3.8) is 0 Å². The van der Waals surface area contributed by atoms with Crippen LogP contribution in [-0.4, -0.2) is 28.0 Å². The third-order valence-corrected chi connectivity index (χ3v) is 6.29. The van der Waals surface area contributed by atoms with Crippen molar-refractivity contribution in [3.05, 3.63) is 64.6 Å². The average Bonchev–Trinajstić information content (AvgIpc) is 2.94. The molecular weight excluding hydrogens is 476 g/mol. The van der Waals surface area contributed by atoms with Crippen molar-refractivity contribution in [2.75, 3.05) is 18.2 Å². The van der Waals surface area contributed by atoms with Crippen LogP contribution in [0.3, 0.4) is 0 Å². The predicted molar refractivity (Wildman–Crippen MR) is 127 cm³/mol. The van der Waals surface area contributed by atoms with E-state index in [-0.39, 0.29) is 0 Å². The smallest absolute Gasteiger partial charge is 0.247 e. The minimum absolute atomic E-state index is 0.459. The average molecular weight is 495 g/mol. The summed E-state index contributed by atoms with van der Waals surface area (Å²) in [6.07, 6.45) is -0.465. The van der Waals surface area contributed by atoms with Gasteiger partial charge in [-0.25, -0.2) is 0 Å². The Morgan fingerprint density at radius 3 is 2.74 bits per heavy atom. The topological polar surface area (TPSA) is 69.2 Å². The summed E-state index contributed by atoms with van der Waals surface area (Å²) < 4.78 is 12.9. The van der Waals surface area contributed by atoms with E-state index < -0.39 is 6.23 Å². The molecular formula is C23H19BrN4O2S. The summed E-state index contributed by atoms with van der Waals surface area (Å²) in [7, 11) is 1.68. The molecule has 1 unspecified atom stereocenters. The van der Waals surface area contributed by atoms with E-state index in [1.54, 1.807) is 7.11 Å². The molecule has 0 amide bonds. The quantitative estimate of drug-likeness (QED) is 0.344. The monoisotopic (exact) mass is 494 g/mol. The third-order valence-electron chi connectivity index (χ3n) is 5.08. The fraction of sp³-hybridized carbons (Fsp3) is 0.174. The standard InChI is InChI=1S/C23H19BrN4O2S/c1-3-31-23-26-22-20(27-28-23)17-12-13(24)8-10-18(17)25-21(30-22)16-9-11-19(29-2)15-7-5-4-6-14(15)16/h4-12,21,25H,3H2,1-2H3. The summed E-state index contributed by atoms with van der Waals surface area (Å²) in [5.41, 5.74) is 3.39. The first-order valence-corrected chi connectivity index (χ1v) is 11.6. The van der Waals surface area contributed by atoms with Gasteiger partial charge < -0.3 is 14.8 Å². The molecule has 1 atom stereocenters. The summed E-state index contributed by atoms with van der Waals surface area (Å²) in [5, 5.41) is 14.9. The number of hydrogen-bond acceptors (Lipinski definition) is 7. The maximum atomic E-state index is 6.44. The molecule has 0 aliphatic carbocycles. The van der Waals surface area contributed by atoms with Crippen molar-refractivity contribution >= 4 is 44.2 Å². The normalized spacial score (nSPS) is 14.7. The van der Waals surface area contributed by atoms with E-state index in [1.807, 2.05) is 48.5 Å². The van der Waals surface area contributed by atoms with Crippen LogP contribution in [0.2, 0.25) is 0 Å². The molecule has 156 valence electrons. The number of methoxy groups -OCH3 is 1. The van der Waals surface area contributed by atoms with Crippen LogP contribution in [0, 0.1) is 0 Å². The summed E-state index contributed by atoms with van der Waals surface area (Å²) in [4.78, 5) is 4.67. The van der Waals surface area contributed by atoms with Gasteiger partial charge in [-0.2, -0.15) is 4.98 Å². The minimum atomic E-state index is -0.465. The number of aromatic nitrogens is 3. The Morgan fingerprint density at radius 2 is 1.94 bits per heavy atom. The highest BCUT2D eigenvalue weighted by molar-refractivity contribution is 9.10. The van der Waals surface area contributed by atoms with Crippen LogP contribution < -0.4 is 14.8 Å². The van der Waals surface area contributed by atoms with Crippen molar-refractivity contribution in [2.24, 2.45) is 0 Å². The maximum absolute atomic E-state index is 6.44. The van der Waals surface area contributed by atoms with Crippen LogP contribution in [0.15, 0.2) is 64.2 Å². The molecule has 0 saturated heterocycles. The van der Waals surface area contributed by atoms with Crippen molar-refractivity contribution in [3.8, 4) is 22.9 Å². The lowest BCUT2D eigenvalue weighted by Gasteiger charge is -2.21. The Balaban J connectivity index is 1.70. The fourth-order valence-electron chi connectivity index (χ4n) is 3.70.